The average Bonchev–Trinajstić information content (AvgIpc) is 3.64. The second-order valence-corrected chi connectivity index (χ2v) is 11.2. The van der Waals surface area contributed by atoms with Gasteiger partial charge in [0.05, 0.1) is 17.4 Å². The molecule has 1 aromatic heterocycles. The minimum Gasteiger partial charge on any atom is -0.454 e. The molecule has 1 unspecified atom stereocenters. The minimum atomic E-state index is 0.0185. The zero-order valence-electron chi connectivity index (χ0n) is 23.9. The van der Waals surface area contributed by atoms with Crippen molar-refractivity contribution in [2.45, 2.75) is 64.5 Å². The first-order valence-corrected chi connectivity index (χ1v) is 15.0. The van der Waals surface area contributed by atoms with Crippen molar-refractivity contribution >= 4 is 5.78 Å². The van der Waals surface area contributed by atoms with Crippen molar-refractivity contribution in [3.63, 3.8) is 0 Å². The normalized spacial score (nSPS) is 15.8. The summed E-state index contributed by atoms with van der Waals surface area (Å²) in [5.74, 6) is 3.50. The standard InChI is InChI=1S/C35H39N3O3/c1-2-3-20-38-34(33(27-10-6-4-7-11-27)37-35(38)28-12-8-5-9-13-28)30(36-23-25-14-17-29(39)18-15-25)21-26-16-19-31-32(22-26)41-24-40-31/h4-13,16,19,22,25,30,36H,2-3,14-15,17-18,20-21,23-24H2,1H3. The van der Waals surface area contributed by atoms with E-state index in [1.807, 2.05) is 6.07 Å². The van der Waals surface area contributed by atoms with E-state index < -0.39 is 0 Å². The number of ether oxygens (including phenoxy) is 2. The largest absolute Gasteiger partial charge is 0.454 e. The summed E-state index contributed by atoms with van der Waals surface area (Å²) in [5, 5.41) is 3.98. The van der Waals surface area contributed by atoms with Crippen LogP contribution in [0.15, 0.2) is 78.9 Å². The number of nitrogens with zero attached hydrogens (tertiary/aromatic N) is 2. The molecule has 1 saturated carbocycles. The topological polar surface area (TPSA) is 65.4 Å². The smallest absolute Gasteiger partial charge is 0.231 e. The molecule has 6 heteroatoms. The molecular weight excluding hydrogens is 510 g/mol. The minimum absolute atomic E-state index is 0.0185. The van der Waals surface area contributed by atoms with Crippen molar-refractivity contribution in [2.24, 2.45) is 5.92 Å². The van der Waals surface area contributed by atoms with Crippen LogP contribution in [0.25, 0.3) is 22.6 Å². The molecule has 2 aliphatic rings. The molecule has 0 radical (unpaired) electrons. The number of nitrogens with one attached hydrogen (secondary N) is 1. The Hall–Kier alpha value is -3.90. The van der Waals surface area contributed by atoms with Crippen molar-refractivity contribution < 1.29 is 14.3 Å². The summed E-state index contributed by atoms with van der Waals surface area (Å²) in [5.41, 5.74) is 5.68. The highest BCUT2D eigenvalue weighted by Crippen LogP contribution is 2.38. The predicted octanol–water partition coefficient (Wildman–Crippen LogP) is 7.38. The lowest BCUT2D eigenvalue weighted by Crippen LogP contribution is -2.32. The summed E-state index contributed by atoms with van der Waals surface area (Å²) in [6.07, 6.45) is 6.26. The highest BCUT2D eigenvalue weighted by Gasteiger charge is 2.28. The fourth-order valence-corrected chi connectivity index (χ4v) is 6.06. The van der Waals surface area contributed by atoms with Crippen molar-refractivity contribution in [1.29, 1.82) is 0 Å². The Morgan fingerprint density at radius 1 is 0.927 bits per heavy atom. The van der Waals surface area contributed by atoms with Gasteiger partial charge in [-0.25, -0.2) is 4.98 Å². The first-order chi connectivity index (χ1) is 20.2. The monoisotopic (exact) mass is 549 g/mol. The third-order valence-corrected chi connectivity index (χ3v) is 8.34. The summed E-state index contributed by atoms with van der Waals surface area (Å²) in [4.78, 5) is 17.3. The maximum Gasteiger partial charge on any atom is 0.231 e. The Bertz CT molecular complexity index is 1460. The number of benzene rings is 3. The number of hydrogen-bond donors (Lipinski definition) is 1. The molecule has 6 rings (SSSR count). The molecule has 6 nitrogen and oxygen atoms in total. The molecule has 1 N–H and O–H groups in total. The molecule has 1 atom stereocenters. The fraction of sp³-hybridized carbons (Fsp3) is 0.371. The molecule has 0 spiro atoms. The number of imidazole rings is 1. The number of Topliss-reactive ketones (excluding diaryl/α,β-unsaturated/α-hetero) is 1. The predicted molar refractivity (Wildman–Crippen MR) is 162 cm³/mol. The van der Waals surface area contributed by atoms with Gasteiger partial charge in [0.1, 0.15) is 11.6 Å². The van der Waals surface area contributed by atoms with Crippen LogP contribution < -0.4 is 14.8 Å². The van der Waals surface area contributed by atoms with Gasteiger partial charge >= 0.3 is 0 Å². The molecular formula is C35H39N3O3. The van der Waals surface area contributed by atoms with Gasteiger partial charge in [0.2, 0.25) is 6.79 Å². The number of hydrogen-bond acceptors (Lipinski definition) is 5. The molecule has 0 saturated heterocycles. The van der Waals surface area contributed by atoms with E-state index in [0.717, 1.165) is 79.3 Å². The van der Waals surface area contributed by atoms with Crippen LogP contribution in [-0.2, 0) is 17.8 Å². The Morgan fingerprint density at radius 2 is 1.63 bits per heavy atom. The summed E-state index contributed by atoms with van der Waals surface area (Å²) in [6, 6.07) is 27.4. The van der Waals surface area contributed by atoms with Gasteiger partial charge in [0.25, 0.3) is 0 Å². The van der Waals surface area contributed by atoms with Crippen LogP contribution in [0.1, 0.15) is 62.7 Å². The molecule has 2 heterocycles. The van der Waals surface area contributed by atoms with Crippen LogP contribution in [0, 0.1) is 5.92 Å². The molecule has 3 aromatic carbocycles. The highest BCUT2D eigenvalue weighted by molar-refractivity contribution is 5.79. The van der Waals surface area contributed by atoms with Gasteiger partial charge in [0.15, 0.2) is 11.5 Å². The Balaban J connectivity index is 1.45. The molecule has 1 fully saturated rings. The van der Waals surface area contributed by atoms with Crippen molar-refractivity contribution in [3.8, 4) is 34.1 Å². The second kappa shape index (κ2) is 12.7. The summed E-state index contributed by atoms with van der Waals surface area (Å²) >= 11 is 0. The van der Waals surface area contributed by atoms with Crippen LogP contribution in [0.2, 0.25) is 0 Å². The van der Waals surface area contributed by atoms with Crippen molar-refractivity contribution in [3.05, 3.63) is 90.1 Å². The van der Waals surface area contributed by atoms with Crippen LogP contribution in [0.5, 0.6) is 11.5 Å². The Kier molecular flexibility index (Phi) is 8.47. The quantitative estimate of drug-likeness (QED) is 0.211. The molecule has 0 bridgehead atoms. The lowest BCUT2D eigenvalue weighted by molar-refractivity contribution is -0.120. The van der Waals surface area contributed by atoms with Gasteiger partial charge in [-0.3, -0.25) is 4.79 Å². The summed E-state index contributed by atoms with van der Waals surface area (Å²) in [7, 11) is 0. The Labute approximate surface area is 242 Å². The van der Waals surface area contributed by atoms with Crippen LogP contribution >= 0.6 is 0 Å². The number of aromatic nitrogens is 2. The number of carbonyl (C=O) groups excluding carboxylic acids is 1. The second-order valence-electron chi connectivity index (χ2n) is 11.2. The van der Waals surface area contributed by atoms with Gasteiger partial charge in [-0.05, 0) is 55.8 Å². The molecule has 41 heavy (non-hydrogen) atoms. The number of fused-ring (bicyclic) bond motifs is 1. The first kappa shape index (κ1) is 27.3. The van der Waals surface area contributed by atoms with Crippen LogP contribution in [0.3, 0.4) is 0 Å². The SMILES string of the molecule is CCCCn1c(-c2ccccc2)nc(-c2ccccc2)c1C(Cc1ccc2c(c1)OCO2)NCC1CCC(=O)CC1. The fourth-order valence-electron chi connectivity index (χ4n) is 6.06. The number of unbranched alkanes of at least 4 members (excludes halogenated alkanes) is 1. The number of carbonyl (C=O) groups is 1. The van der Waals surface area contributed by atoms with E-state index in [9.17, 15) is 4.79 Å². The van der Waals surface area contributed by atoms with E-state index in [1.165, 1.54) is 11.3 Å². The summed E-state index contributed by atoms with van der Waals surface area (Å²) < 4.78 is 13.8. The highest BCUT2D eigenvalue weighted by atomic mass is 16.7. The zero-order chi connectivity index (χ0) is 28.0. The maximum absolute atomic E-state index is 11.9. The van der Waals surface area contributed by atoms with E-state index in [-0.39, 0.29) is 12.8 Å². The molecule has 212 valence electrons. The van der Waals surface area contributed by atoms with Gasteiger partial charge in [0, 0.05) is 30.5 Å². The lowest BCUT2D eigenvalue weighted by Gasteiger charge is -2.27. The third kappa shape index (κ3) is 6.23. The molecule has 0 amide bonds. The lowest BCUT2D eigenvalue weighted by atomic mass is 9.88. The van der Waals surface area contributed by atoms with E-state index in [2.05, 4.69) is 89.6 Å². The third-order valence-electron chi connectivity index (χ3n) is 8.34. The van der Waals surface area contributed by atoms with Crippen molar-refractivity contribution in [1.82, 2.24) is 14.9 Å². The Morgan fingerprint density at radius 3 is 2.37 bits per heavy atom. The zero-order valence-corrected chi connectivity index (χ0v) is 23.9. The summed E-state index contributed by atoms with van der Waals surface area (Å²) in [6.45, 7) is 4.27. The van der Waals surface area contributed by atoms with E-state index >= 15 is 0 Å². The van der Waals surface area contributed by atoms with Gasteiger partial charge in [-0.15, -0.1) is 0 Å². The van der Waals surface area contributed by atoms with E-state index in [1.54, 1.807) is 0 Å². The molecule has 4 aromatic rings. The first-order valence-electron chi connectivity index (χ1n) is 15.0. The number of rotatable bonds is 11. The van der Waals surface area contributed by atoms with E-state index in [4.69, 9.17) is 14.5 Å². The molecule has 1 aliphatic carbocycles. The number of ketones is 1. The van der Waals surface area contributed by atoms with Crippen LogP contribution in [-0.4, -0.2) is 28.7 Å². The average molecular weight is 550 g/mol. The van der Waals surface area contributed by atoms with Crippen LogP contribution in [0.4, 0.5) is 0 Å². The van der Waals surface area contributed by atoms with Gasteiger partial charge < -0.3 is 19.4 Å². The van der Waals surface area contributed by atoms with Gasteiger partial charge in [-0.1, -0.05) is 80.1 Å². The van der Waals surface area contributed by atoms with E-state index in [0.29, 0.717) is 24.5 Å². The van der Waals surface area contributed by atoms with Gasteiger partial charge in [-0.2, -0.15) is 0 Å². The maximum atomic E-state index is 11.9. The van der Waals surface area contributed by atoms with Crippen molar-refractivity contribution in [2.75, 3.05) is 13.3 Å². The molecule has 1 aliphatic heterocycles.